The zero-order valence-corrected chi connectivity index (χ0v) is 9.71. The van der Waals surface area contributed by atoms with E-state index in [0.717, 1.165) is 30.2 Å². The molecule has 2 aromatic heterocycles. The average molecular weight is 230 g/mol. The van der Waals surface area contributed by atoms with Crippen molar-refractivity contribution < 1.29 is 4.74 Å². The molecule has 0 fully saturated rings. The minimum absolute atomic E-state index is 0.323. The van der Waals surface area contributed by atoms with Crippen LogP contribution in [0.15, 0.2) is 24.5 Å². The summed E-state index contributed by atoms with van der Waals surface area (Å²) in [5.74, 6) is 1.80. The number of pyridine rings is 1. The summed E-state index contributed by atoms with van der Waals surface area (Å²) in [7, 11) is 0. The fourth-order valence-electron chi connectivity index (χ4n) is 2.16. The molecule has 5 heteroatoms. The first kappa shape index (κ1) is 10.4. The Hall–Kier alpha value is -1.75. The molecule has 3 heterocycles. The molecule has 0 spiro atoms. The first-order valence-corrected chi connectivity index (χ1v) is 5.82. The summed E-state index contributed by atoms with van der Waals surface area (Å²) in [5.41, 5.74) is 1.01. The van der Waals surface area contributed by atoms with Gasteiger partial charge in [-0.15, -0.1) is 10.2 Å². The van der Waals surface area contributed by atoms with Crippen LogP contribution in [0.1, 0.15) is 25.2 Å². The third-order valence-corrected chi connectivity index (χ3v) is 3.06. The van der Waals surface area contributed by atoms with Gasteiger partial charge in [-0.2, -0.15) is 0 Å². The van der Waals surface area contributed by atoms with Gasteiger partial charge in [0.05, 0.1) is 12.6 Å². The highest BCUT2D eigenvalue weighted by molar-refractivity contribution is 5.53. The second-order valence-electron chi connectivity index (χ2n) is 4.13. The lowest BCUT2D eigenvalue weighted by Crippen LogP contribution is -2.23. The maximum Gasteiger partial charge on any atom is 0.165 e. The van der Waals surface area contributed by atoms with Crippen molar-refractivity contribution in [2.45, 2.75) is 26.0 Å². The largest absolute Gasteiger partial charge is 0.371 e. The smallest absolute Gasteiger partial charge is 0.165 e. The molecular weight excluding hydrogens is 216 g/mol. The highest BCUT2D eigenvalue weighted by atomic mass is 16.5. The first-order chi connectivity index (χ1) is 8.40. The number of ether oxygens (including phenoxy) is 1. The summed E-state index contributed by atoms with van der Waals surface area (Å²) >= 11 is 0. The number of hydrogen-bond acceptors (Lipinski definition) is 4. The van der Waals surface area contributed by atoms with Crippen LogP contribution >= 0.6 is 0 Å². The topological polar surface area (TPSA) is 52.8 Å². The molecule has 0 aromatic carbocycles. The molecule has 2 aromatic rings. The number of nitrogens with zero attached hydrogens (tertiary/aromatic N) is 4. The predicted octanol–water partition coefficient (Wildman–Crippen LogP) is 1.82. The molecule has 17 heavy (non-hydrogen) atoms. The van der Waals surface area contributed by atoms with Crippen LogP contribution in [0.25, 0.3) is 11.4 Å². The van der Waals surface area contributed by atoms with Gasteiger partial charge in [-0.25, -0.2) is 0 Å². The van der Waals surface area contributed by atoms with E-state index in [9.17, 15) is 0 Å². The maximum atomic E-state index is 5.51. The number of aromatic nitrogens is 4. The van der Waals surface area contributed by atoms with Crippen molar-refractivity contribution in [1.29, 1.82) is 0 Å². The van der Waals surface area contributed by atoms with Gasteiger partial charge in [0, 0.05) is 18.0 Å². The second-order valence-corrected chi connectivity index (χ2v) is 4.13. The van der Waals surface area contributed by atoms with Crippen LogP contribution in [-0.2, 0) is 11.3 Å². The molecule has 0 saturated heterocycles. The van der Waals surface area contributed by atoms with E-state index in [0.29, 0.717) is 12.6 Å². The van der Waals surface area contributed by atoms with Crippen molar-refractivity contribution in [3.63, 3.8) is 0 Å². The molecule has 0 N–H and O–H groups in total. The SMILES string of the molecule is CCC1COCc2nnc(-c3cccnc3)n21. The van der Waals surface area contributed by atoms with E-state index in [1.807, 2.05) is 18.3 Å². The first-order valence-electron chi connectivity index (χ1n) is 5.82. The lowest BCUT2D eigenvalue weighted by atomic mass is 10.2. The van der Waals surface area contributed by atoms with Crippen molar-refractivity contribution >= 4 is 0 Å². The molecule has 0 aliphatic carbocycles. The quantitative estimate of drug-likeness (QED) is 0.789. The van der Waals surface area contributed by atoms with Crippen molar-refractivity contribution in [2.75, 3.05) is 6.61 Å². The van der Waals surface area contributed by atoms with E-state index in [1.165, 1.54) is 0 Å². The van der Waals surface area contributed by atoms with Gasteiger partial charge in [0.1, 0.15) is 6.61 Å². The second kappa shape index (κ2) is 4.25. The summed E-state index contributed by atoms with van der Waals surface area (Å²) < 4.78 is 7.69. The summed E-state index contributed by atoms with van der Waals surface area (Å²) in [6, 6.07) is 4.24. The van der Waals surface area contributed by atoms with Crippen LogP contribution in [0.2, 0.25) is 0 Å². The van der Waals surface area contributed by atoms with E-state index in [1.54, 1.807) is 6.20 Å². The van der Waals surface area contributed by atoms with E-state index in [-0.39, 0.29) is 0 Å². The summed E-state index contributed by atoms with van der Waals surface area (Å²) in [6.07, 6.45) is 4.59. The fraction of sp³-hybridized carbons (Fsp3) is 0.417. The molecule has 0 amide bonds. The maximum absolute atomic E-state index is 5.51. The summed E-state index contributed by atoms with van der Waals surface area (Å²) in [5, 5.41) is 8.45. The number of rotatable bonds is 2. The van der Waals surface area contributed by atoms with Gasteiger partial charge in [0.25, 0.3) is 0 Å². The van der Waals surface area contributed by atoms with Crippen molar-refractivity contribution in [1.82, 2.24) is 19.7 Å². The Labute approximate surface area is 99.5 Å². The minimum Gasteiger partial charge on any atom is -0.371 e. The number of fused-ring (bicyclic) bond motifs is 1. The van der Waals surface area contributed by atoms with Gasteiger partial charge in [0.15, 0.2) is 11.6 Å². The van der Waals surface area contributed by atoms with Crippen molar-refractivity contribution in [3.8, 4) is 11.4 Å². The van der Waals surface area contributed by atoms with Gasteiger partial charge >= 0.3 is 0 Å². The standard InChI is InChI=1S/C12H14N4O/c1-2-10-7-17-8-11-14-15-12(16(10)11)9-4-3-5-13-6-9/h3-6,10H,2,7-8H2,1H3. The lowest BCUT2D eigenvalue weighted by Gasteiger charge is -2.25. The minimum atomic E-state index is 0.323. The predicted molar refractivity (Wildman–Crippen MR) is 62.2 cm³/mol. The van der Waals surface area contributed by atoms with Crippen LogP contribution in [0.5, 0.6) is 0 Å². The third-order valence-electron chi connectivity index (χ3n) is 3.06. The average Bonchev–Trinajstić information content (AvgIpc) is 2.83. The van der Waals surface area contributed by atoms with Crippen LogP contribution in [0.4, 0.5) is 0 Å². The molecule has 1 aliphatic heterocycles. The Morgan fingerprint density at radius 2 is 2.41 bits per heavy atom. The van der Waals surface area contributed by atoms with Crippen molar-refractivity contribution in [3.05, 3.63) is 30.4 Å². The van der Waals surface area contributed by atoms with Crippen molar-refractivity contribution in [2.24, 2.45) is 0 Å². The molecule has 1 unspecified atom stereocenters. The molecule has 0 bridgehead atoms. The monoisotopic (exact) mass is 230 g/mol. The zero-order valence-electron chi connectivity index (χ0n) is 9.71. The molecule has 3 rings (SSSR count). The normalized spacial score (nSPS) is 19.0. The van der Waals surface area contributed by atoms with Crippen LogP contribution in [0.3, 0.4) is 0 Å². The molecule has 88 valence electrons. The lowest BCUT2D eigenvalue weighted by molar-refractivity contribution is 0.0542. The van der Waals surface area contributed by atoms with Gasteiger partial charge < -0.3 is 9.30 Å². The van der Waals surface area contributed by atoms with E-state index >= 15 is 0 Å². The summed E-state index contributed by atoms with van der Waals surface area (Å²) in [4.78, 5) is 4.13. The Bertz CT molecular complexity index is 508. The van der Waals surface area contributed by atoms with Crippen LogP contribution in [-0.4, -0.2) is 26.4 Å². The van der Waals surface area contributed by atoms with E-state index in [2.05, 4.69) is 26.7 Å². The van der Waals surface area contributed by atoms with E-state index in [4.69, 9.17) is 4.74 Å². The molecule has 1 atom stereocenters. The Balaban J connectivity index is 2.10. The molecule has 0 radical (unpaired) electrons. The third kappa shape index (κ3) is 1.72. The van der Waals surface area contributed by atoms with Crippen LogP contribution in [0, 0.1) is 0 Å². The fourth-order valence-corrected chi connectivity index (χ4v) is 2.16. The Kier molecular flexibility index (Phi) is 2.60. The van der Waals surface area contributed by atoms with E-state index < -0.39 is 0 Å². The highest BCUT2D eigenvalue weighted by Crippen LogP contribution is 2.27. The zero-order chi connectivity index (χ0) is 11.7. The molecule has 0 saturated carbocycles. The van der Waals surface area contributed by atoms with Gasteiger partial charge in [-0.05, 0) is 18.6 Å². The summed E-state index contributed by atoms with van der Waals surface area (Å²) in [6.45, 7) is 3.43. The number of hydrogen-bond donors (Lipinski definition) is 0. The van der Waals surface area contributed by atoms with Gasteiger partial charge in [-0.3, -0.25) is 4.98 Å². The van der Waals surface area contributed by atoms with Gasteiger partial charge in [0.2, 0.25) is 0 Å². The molecule has 1 aliphatic rings. The van der Waals surface area contributed by atoms with Gasteiger partial charge in [-0.1, -0.05) is 6.92 Å². The van der Waals surface area contributed by atoms with Crippen LogP contribution < -0.4 is 0 Å². The molecule has 5 nitrogen and oxygen atoms in total. The Morgan fingerprint density at radius 1 is 1.47 bits per heavy atom. The Morgan fingerprint density at radius 3 is 3.18 bits per heavy atom. The molecular formula is C12H14N4O. The highest BCUT2D eigenvalue weighted by Gasteiger charge is 2.24.